The second kappa shape index (κ2) is 8.12. The molecule has 0 spiro atoms. The molecule has 2 N–H and O–H groups in total. The lowest BCUT2D eigenvalue weighted by Gasteiger charge is -2.13. The van der Waals surface area contributed by atoms with Crippen molar-refractivity contribution in [2.75, 3.05) is 13.1 Å². The lowest BCUT2D eigenvalue weighted by molar-refractivity contribution is 0.528. The van der Waals surface area contributed by atoms with Crippen molar-refractivity contribution in [3.05, 3.63) is 28.2 Å². The Morgan fingerprint density at radius 2 is 2.00 bits per heavy atom. The molecule has 0 amide bonds. The van der Waals surface area contributed by atoms with Crippen LogP contribution < -0.4 is 10.0 Å². The summed E-state index contributed by atoms with van der Waals surface area (Å²) >= 11 is 3.35. The van der Waals surface area contributed by atoms with Crippen LogP contribution in [0.2, 0.25) is 0 Å². The molecule has 0 aliphatic carbocycles. The Morgan fingerprint density at radius 3 is 2.55 bits per heavy atom. The van der Waals surface area contributed by atoms with Gasteiger partial charge in [-0.1, -0.05) is 33.3 Å². The summed E-state index contributed by atoms with van der Waals surface area (Å²) in [7, 11) is -3.45. The van der Waals surface area contributed by atoms with Crippen molar-refractivity contribution in [3.8, 4) is 0 Å². The topological polar surface area (TPSA) is 58.2 Å². The van der Waals surface area contributed by atoms with Gasteiger partial charge in [0.15, 0.2) is 0 Å². The van der Waals surface area contributed by atoms with Crippen molar-refractivity contribution in [3.63, 3.8) is 0 Å². The Labute approximate surface area is 130 Å². The van der Waals surface area contributed by atoms with Crippen LogP contribution in [0.25, 0.3) is 0 Å². The summed E-state index contributed by atoms with van der Waals surface area (Å²) in [5, 5.41) is 3.21. The molecular weight excluding hydrogens is 340 g/mol. The van der Waals surface area contributed by atoms with Gasteiger partial charge in [0.25, 0.3) is 0 Å². The molecule has 6 heteroatoms. The highest BCUT2D eigenvalue weighted by Crippen LogP contribution is 2.23. The van der Waals surface area contributed by atoms with Gasteiger partial charge in [-0.15, -0.1) is 0 Å². The molecule has 0 aliphatic rings. The van der Waals surface area contributed by atoms with E-state index >= 15 is 0 Å². The van der Waals surface area contributed by atoms with Gasteiger partial charge in [-0.05, 0) is 46.1 Å². The normalized spacial score (nSPS) is 13.4. The molecule has 0 saturated heterocycles. The fraction of sp³-hybridized carbons (Fsp3) is 0.571. The SMILES string of the molecule is CCNCc1ccc(S(=O)(=O)NCC(C)CC)c(Br)c1. The van der Waals surface area contributed by atoms with Gasteiger partial charge in [0, 0.05) is 17.6 Å². The molecule has 1 rings (SSSR count). The van der Waals surface area contributed by atoms with Gasteiger partial charge in [-0.2, -0.15) is 0 Å². The van der Waals surface area contributed by atoms with Gasteiger partial charge in [0.05, 0.1) is 4.90 Å². The summed E-state index contributed by atoms with van der Waals surface area (Å²) in [4.78, 5) is 0.293. The van der Waals surface area contributed by atoms with E-state index < -0.39 is 10.0 Å². The first-order valence-electron chi connectivity index (χ1n) is 6.89. The second-order valence-electron chi connectivity index (χ2n) is 4.91. The summed E-state index contributed by atoms with van der Waals surface area (Å²) in [6.07, 6.45) is 0.950. The Morgan fingerprint density at radius 1 is 1.30 bits per heavy atom. The second-order valence-corrected chi connectivity index (χ2v) is 7.50. The first-order chi connectivity index (χ1) is 9.40. The third-order valence-electron chi connectivity index (χ3n) is 3.18. The van der Waals surface area contributed by atoms with Gasteiger partial charge in [0.1, 0.15) is 0 Å². The van der Waals surface area contributed by atoms with Crippen LogP contribution in [-0.2, 0) is 16.6 Å². The Hall–Kier alpha value is -0.430. The van der Waals surface area contributed by atoms with Gasteiger partial charge >= 0.3 is 0 Å². The molecule has 114 valence electrons. The van der Waals surface area contributed by atoms with E-state index in [4.69, 9.17) is 0 Å². The average molecular weight is 363 g/mol. The van der Waals surface area contributed by atoms with Crippen molar-refractivity contribution in [1.29, 1.82) is 0 Å². The van der Waals surface area contributed by atoms with Crippen LogP contribution in [0.4, 0.5) is 0 Å². The quantitative estimate of drug-likeness (QED) is 0.747. The molecule has 20 heavy (non-hydrogen) atoms. The average Bonchev–Trinajstić information content (AvgIpc) is 2.42. The summed E-state index contributed by atoms with van der Waals surface area (Å²) in [6.45, 7) is 8.18. The van der Waals surface area contributed by atoms with Crippen LogP contribution in [-0.4, -0.2) is 21.5 Å². The highest BCUT2D eigenvalue weighted by Gasteiger charge is 2.18. The third kappa shape index (κ3) is 5.16. The zero-order valence-electron chi connectivity index (χ0n) is 12.2. The molecule has 0 radical (unpaired) electrons. The summed E-state index contributed by atoms with van der Waals surface area (Å²) in [5.41, 5.74) is 1.06. The molecule has 4 nitrogen and oxygen atoms in total. The maximum atomic E-state index is 12.2. The van der Waals surface area contributed by atoms with E-state index in [0.29, 0.717) is 21.8 Å². The molecule has 0 fully saturated rings. The smallest absolute Gasteiger partial charge is 0.241 e. The van der Waals surface area contributed by atoms with E-state index in [1.165, 1.54) is 0 Å². The van der Waals surface area contributed by atoms with Crippen molar-refractivity contribution >= 4 is 26.0 Å². The van der Waals surface area contributed by atoms with E-state index in [-0.39, 0.29) is 0 Å². The molecule has 0 heterocycles. The highest BCUT2D eigenvalue weighted by molar-refractivity contribution is 9.10. The van der Waals surface area contributed by atoms with Crippen LogP contribution in [0.5, 0.6) is 0 Å². The standard InChI is InChI=1S/C14H23BrN2O2S/c1-4-11(3)9-17-20(18,19)14-7-6-12(8-13(14)15)10-16-5-2/h6-8,11,16-17H,4-5,9-10H2,1-3H3. The number of nitrogens with one attached hydrogen (secondary N) is 2. The van der Waals surface area contributed by atoms with Crippen LogP contribution in [0, 0.1) is 5.92 Å². The summed E-state index contributed by atoms with van der Waals surface area (Å²) < 4.78 is 27.7. The maximum Gasteiger partial charge on any atom is 0.241 e. The number of benzene rings is 1. The molecule has 1 aromatic rings. The minimum absolute atomic E-state index is 0.293. The Balaban J connectivity index is 2.84. The van der Waals surface area contributed by atoms with E-state index in [1.807, 2.05) is 32.9 Å². The van der Waals surface area contributed by atoms with Gasteiger partial charge < -0.3 is 5.32 Å². The fourth-order valence-corrected chi connectivity index (χ4v) is 3.90. The van der Waals surface area contributed by atoms with Gasteiger partial charge in [-0.25, -0.2) is 13.1 Å². The van der Waals surface area contributed by atoms with Crippen LogP contribution in [0.15, 0.2) is 27.6 Å². The minimum Gasteiger partial charge on any atom is -0.313 e. The van der Waals surface area contributed by atoms with Crippen molar-refractivity contribution in [1.82, 2.24) is 10.0 Å². The minimum atomic E-state index is -3.45. The van der Waals surface area contributed by atoms with E-state index in [0.717, 1.165) is 25.1 Å². The third-order valence-corrected chi connectivity index (χ3v) is 5.58. The van der Waals surface area contributed by atoms with E-state index in [2.05, 4.69) is 26.0 Å². The lowest BCUT2D eigenvalue weighted by Crippen LogP contribution is -2.28. The Bertz CT molecular complexity index is 532. The first-order valence-corrected chi connectivity index (χ1v) is 9.17. The Kier molecular flexibility index (Phi) is 7.15. The van der Waals surface area contributed by atoms with E-state index in [1.54, 1.807) is 6.07 Å². The number of hydrogen-bond donors (Lipinski definition) is 2. The summed E-state index contributed by atoms with van der Waals surface area (Å²) in [6, 6.07) is 5.33. The number of hydrogen-bond acceptors (Lipinski definition) is 3. The lowest BCUT2D eigenvalue weighted by atomic mass is 10.1. The highest BCUT2D eigenvalue weighted by atomic mass is 79.9. The van der Waals surface area contributed by atoms with Crippen molar-refractivity contribution in [2.45, 2.75) is 38.6 Å². The number of rotatable bonds is 8. The molecule has 0 bridgehead atoms. The zero-order chi connectivity index (χ0) is 15.2. The molecule has 1 unspecified atom stereocenters. The maximum absolute atomic E-state index is 12.2. The number of halogens is 1. The zero-order valence-corrected chi connectivity index (χ0v) is 14.6. The fourth-order valence-electron chi connectivity index (χ4n) is 1.62. The van der Waals surface area contributed by atoms with Crippen molar-refractivity contribution < 1.29 is 8.42 Å². The largest absolute Gasteiger partial charge is 0.313 e. The van der Waals surface area contributed by atoms with Gasteiger partial charge in [0.2, 0.25) is 10.0 Å². The van der Waals surface area contributed by atoms with Gasteiger partial charge in [-0.3, -0.25) is 0 Å². The van der Waals surface area contributed by atoms with E-state index in [9.17, 15) is 8.42 Å². The van der Waals surface area contributed by atoms with Crippen molar-refractivity contribution in [2.24, 2.45) is 5.92 Å². The molecule has 0 aromatic heterocycles. The molecular formula is C14H23BrN2O2S. The first kappa shape index (κ1) is 17.6. The predicted molar refractivity (Wildman–Crippen MR) is 86.2 cm³/mol. The monoisotopic (exact) mass is 362 g/mol. The van der Waals surface area contributed by atoms with Crippen LogP contribution in [0.3, 0.4) is 0 Å². The van der Waals surface area contributed by atoms with Crippen LogP contribution in [0.1, 0.15) is 32.8 Å². The molecule has 0 aliphatic heterocycles. The summed E-state index contributed by atoms with van der Waals surface area (Å²) in [5.74, 6) is 0.330. The predicted octanol–water partition coefficient (Wildman–Crippen LogP) is 2.88. The molecule has 1 aromatic carbocycles. The van der Waals surface area contributed by atoms with Crippen LogP contribution >= 0.6 is 15.9 Å². The molecule has 0 saturated carbocycles. The molecule has 1 atom stereocenters. The number of sulfonamides is 1.